The van der Waals surface area contributed by atoms with E-state index in [0.717, 1.165) is 44.4 Å². The number of anilines is 1. The summed E-state index contributed by atoms with van der Waals surface area (Å²) in [6.07, 6.45) is 5.07. The van der Waals surface area contributed by atoms with Crippen LogP contribution in [0.25, 0.3) is 0 Å². The van der Waals surface area contributed by atoms with Crippen molar-refractivity contribution >= 4 is 11.5 Å². The van der Waals surface area contributed by atoms with E-state index in [1.807, 2.05) is 18.2 Å². The third-order valence-electron chi connectivity index (χ3n) is 3.85. The van der Waals surface area contributed by atoms with Crippen molar-refractivity contribution in [2.75, 3.05) is 18.5 Å². The molecule has 0 spiro atoms. The molecule has 0 radical (unpaired) electrons. The highest BCUT2D eigenvalue weighted by Crippen LogP contribution is 2.24. The molecule has 1 saturated heterocycles. The van der Waals surface area contributed by atoms with Crippen molar-refractivity contribution in [2.45, 2.75) is 38.2 Å². The average molecular weight is 245 g/mol. The van der Waals surface area contributed by atoms with Gasteiger partial charge >= 0.3 is 0 Å². The number of ether oxygens (including phenoxy) is 1. The first-order valence-corrected chi connectivity index (χ1v) is 6.84. The van der Waals surface area contributed by atoms with Gasteiger partial charge < -0.3 is 10.1 Å². The third kappa shape index (κ3) is 2.41. The second kappa shape index (κ2) is 5.11. The van der Waals surface area contributed by atoms with Gasteiger partial charge in [-0.2, -0.15) is 0 Å². The molecule has 96 valence electrons. The Bertz CT molecular complexity index is 450. The van der Waals surface area contributed by atoms with E-state index in [1.165, 1.54) is 11.3 Å². The van der Waals surface area contributed by atoms with Crippen molar-refractivity contribution in [1.29, 1.82) is 0 Å². The van der Waals surface area contributed by atoms with Crippen LogP contribution in [-0.4, -0.2) is 25.0 Å². The molecule has 2 aliphatic rings. The van der Waals surface area contributed by atoms with Crippen LogP contribution in [-0.2, 0) is 11.2 Å². The third-order valence-corrected chi connectivity index (χ3v) is 3.85. The first-order valence-electron chi connectivity index (χ1n) is 6.84. The molecule has 0 saturated carbocycles. The van der Waals surface area contributed by atoms with Gasteiger partial charge in [-0.05, 0) is 49.4 Å². The first kappa shape index (κ1) is 11.7. The topological polar surface area (TPSA) is 38.3 Å². The summed E-state index contributed by atoms with van der Waals surface area (Å²) in [5.41, 5.74) is 3.32. The number of fused-ring (bicyclic) bond motifs is 1. The van der Waals surface area contributed by atoms with E-state index in [1.54, 1.807) is 0 Å². The van der Waals surface area contributed by atoms with E-state index >= 15 is 0 Å². The fraction of sp³-hybridized carbons (Fsp3) is 0.533. The molecule has 18 heavy (non-hydrogen) atoms. The zero-order chi connectivity index (χ0) is 12.4. The van der Waals surface area contributed by atoms with Crippen LogP contribution in [0.1, 0.15) is 41.6 Å². The van der Waals surface area contributed by atoms with E-state index in [0.29, 0.717) is 12.5 Å². The maximum Gasteiger partial charge on any atom is 0.162 e. The van der Waals surface area contributed by atoms with Gasteiger partial charge in [0, 0.05) is 30.8 Å². The number of carbonyl (C=O) groups is 1. The number of Topliss-reactive ketones (excluding diaryl/α,β-unsaturated/α-hetero) is 1. The summed E-state index contributed by atoms with van der Waals surface area (Å²) >= 11 is 0. The lowest BCUT2D eigenvalue weighted by Crippen LogP contribution is -2.09. The van der Waals surface area contributed by atoms with Crippen LogP contribution in [0.4, 0.5) is 5.69 Å². The lowest BCUT2D eigenvalue weighted by atomic mass is 10.0. The summed E-state index contributed by atoms with van der Waals surface area (Å²) in [5.74, 6) is 0.250. The van der Waals surface area contributed by atoms with Crippen LogP contribution in [0.3, 0.4) is 0 Å². The number of nitrogens with one attached hydrogen (secondary N) is 1. The minimum absolute atomic E-state index is 0.250. The highest BCUT2D eigenvalue weighted by molar-refractivity contribution is 5.96. The number of ketones is 1. The van der Waals surface area contributed by atoms with Crippen LogP contribution in [0.5, 0.6) is 0 Å². The van der Waals surface area contributed by atoms with E-state index in [9.17, 15) is 4.79 Å². The van der Waals surface area contributed by atoms with Gasteiger partial charge in [-0.3, -0.25) is 4.79 Å². The largest absolute Gasteiger partial charge is 0.384 e. The van der Waals surface area contributed by atoms with Crippen molar-refractivity contribution in [3.63, 3.8) is 0 Å². The fourth-order valence-corrected chi connectivity index (χ4v) is 2.79. The van der Waals surface area contributed by atoms with Crippen molar-refractivity contribution in [1.82, 2.24) is 0 Å². The van der Waals surface area contributed by atoms with Crippen molar-refractivity contribution < 1.29 is 9.53 Å². The lowest BCUT2D eigenvalue weighted by Gasteiger charge is -2.08. The summed E-state index contributed by atoms with van der Waals surface area (Å²) in [4.78, 5) is 12.1. The van der Waals surface area contributed by atoms with E-state index in [-0.39, 0.29) is 5.78 Å². The van der Waals surface area contributed by atoms with Crippen molar-refractivity contribution in [2.24, 2.45) is 0 Å². The minimum Gasteiger partial charge on any atom is -0.384 e. The maximum atomic E-state index is 12.1. The molecule has 3 nitrogen and oxygen atoms in total. The molecule has 1 fully saturated rings. The van der Waals surface area contributed by atoms with Gasteiger partial charge in [-0.15, -0.1) is 0 Å². The van der Waals surface area contributed by atoms with Crippen molar-refractivity contribution in [3.8, 4) is 0 Å². The highest BCUT2D eigenvalue weighted by Gasteiger charge is 2.18. The van der Waals surface area contributed by atoms with Gasteiger partial charge in [0.25, 0.3) is 0 Å². The Kier molecular flexibility index (Phi) is 3.33. The van der Waals surface area contributed by atoms with E-state index in [2.05, 4.69) is 5.32 Å². The molecule has 1 aromatic rings. The zero-order valence-electron chi connectivity index (χ0n) is 10.6. The van der Waals surface area contributed by atoms with Crippen LogP contribution in [0.15, 0.2) is 18.2 Å². The number of hydrogen-bond donors (Lipinski definition) is 1. The molecule has 1 aromatic carbocycles. The molecular formula is C15H19NO2. The molecule has 1 atom stereocenters. The minimum atomic E-state index is 0.250. The molecule has 0 aromatic heterocycles. The Morgan fingerprint density at radius 2 is 2.39 bits per heavy atom. The normalized spacial score (nSPS) is 21.7. The Balaban J connectivity index is 1.61. The van der Waals surface area contributed by atoms with E-state index < -0.39 is 0 Å². The molecule has 2 heterocycles. The molecule has 1 unspecified atom stereocenters. The second-order valence-corrected chi connectivity index (χ2v) is 5.15. The van der Waals surface area contributed by atoms with Crippen LogP contribution >= 0.6 is 0 Å². The smallest absolute Gasteiger partial charge is 0.162 e. The second-order valence-electron chi connectivity index (χ2n) is 5.15. The highest BCUT2D eigenvalue weighted by atomic mass is 16.5. The van der Waals surface area contributed by atoms with Crippen LogP contribution < -0.4 is 5.32 Å². The molecule has 2 aliphatic heterocycles. The summed E-state index contributed by atoms with van der Waals surface area (Å²) < 4.78 is 5.55. The van der Waals surface area contributed by atoms with Gasteiger partial charge in [0.2, 0.25) is 0 Å². The maximum absolute atomic E-state index is 12.1. The predicted molar refractivity (Wildman–Crippen MR) is 71.2 cm³/mol. The Hall–Kier alpha value is -1.35. The SMILES string of the molecule is O=C(CCC1CCCO1)c1ccc2c(c1)CCN2. The molecule has 3 rings (SSSR count). The summed E-state index contributed by atoms with van der Waals surface area (Å²) in [7, 11) is 0. The quantitative estimate of drug-likeness (QED) is 0.829. The Morgan fingerprint density at radius 1 is 1.44 bits per heavy atom. The molecule has 3 heteroatoms. The van der Waals surface area contributed by atoms with Gasteiger partial charge in [0.1, 0.15) is 0 Å². The molecule has 0 aliphatic carbocycles. The monoisotopic (exact) mass is 245 g/mol. The van der Waals surface area contributed by atoms with Gasteiger partial charge in [0.15, 0.2) is 5.78 Å². The number of carbonyl (C=O) groups excluding carboxylic acids is 1. The Labute approximate surface area is 108 Å². The average Bonchev–Trinajstić information content (AvgIpc) is 3.05. The molecular weight excluding hydrogens is 226 g/mol. The van der Waals surface area contributed by atoms with Gasteiger partial charge in [-0.25, -0.2) is 0 Å². The van der Waals surface area contributed by atoms with Crippen molar-refractivity contribution in [3.05, 3.63) is 29.3 Å². The van der Waals surface area contributed by atoms with Gasteiger partial charge in [-0.1, -0.05) is 0 Å². The summed E-state index contributed by atoms with van der Waals surface area (Å²) in [5, 5.41) is 3.31. The molecule has 0 bridgehead atoms. The Morgan fingerprint density at radius 3 is 3.22 bits per heavy atom. The van der Waals surface area contributed by atoms with E-state index in [4.69, 9.17) is 4.74 Å². The molecule has 0 amide bonds. The van der Waals surface area contributed by atoms with Gasteiger partial charge in [0.05, 0.1) is 6.10 Å². The van der Waals surface area contributed by atoms with Crippen LogP contribution in [0.2, 0.25) is 0 Å². The molecule has 1 N–H and O–H groups in total. The number of benzene rings is 1. The lowest BCUT2D eigenvalue weighted by molar-refractivity contribution is 0.0859. The predicted octanol–water partition coefficient (Wildman–Crippen LogP) is 2.80. The fourth-order valence-electron chi connectivity index (χ4n) is 2.79. The summed E-state index contributed by atoms with van der Waals surface area (Å²) in [6.45, 7) is 1.85. The first-order chi connectivity index (χ1) is 8.83. The zero-order valence-corrected chi connectivity index (χ0v) is 10.6. The number of rotatable bonds is 4. The van der Waals surface area contributed by atoms with Crippen LogP contribution in [0, 0.1) is 0 Å². The summed E-state index contributed by atoms with van der Waals surface area (Å²) in [6, 6.07) is 6.02. The standard InChI is InChI=1S/C15H19NO2/c17-15(6-4-13-2-1-9-18-13)12-3-5-14-11(10-12)7-8-16-14/h3,5,10,13,16H,1-2,4,6-9H2. The number of hydrogen-bond acceptors (Lipinski definition) is 3.